The molecule has 1 aromatic rings. The van der Waals surface area contributed by atoms with E-state index in [1.165, 1.54) is 83.5 Å². The molecular formula is C25H43NO2. The molecule has 0 spiro atoms. The third kappa shape index (κ3) is 13.6. The first-order chi connectivity index (χ1) is 13.7. The number of amides is 1. The van der Waals surface area contributed by atoms with Gasteiger partial charge in [-0.15, -0.1) is 0 Å². The van der Waals surface area contributed by atoms with Gasteiger partial charge in [-0.05, 0) is 25.5 Å². The smallest absolute Gasteiger partial charge is 0.260 e. The number of ether oxygens (including phenoxy) is 1. The molecule has 3 heteroatoms. The predicted molar refractivity (Wildman–Crippen MR) is 120 cm³/mol. The molecule has 0 radical (unpaired) electrons. The topological polar surface area (TPSA) is 38.3 Å². The summed E-state index contributed by atoms with van der Waals surface area (Å²) < 4.78 is 5.64. The van der Waals surface area contributed by atoms with Gasteiger partial charge in [-0.2, -0.15) is 0 Å². The second-order valence-electron chi connectivity index (χ2n) is 7.96. The minimum absolute atomic E-state index is 0.0291. The molecule has 1 rings (SSSR count). The van der Waals surface area contributed by atoms with Gasteiger partial charge in [0.15, 0.2) is 6.10 Å². The zero-order valence-corrected chi connectivity index (χ0v) is 18.4. The van der Waals surface area contributed by atoms with E-state index in [-0.39, 0.29) is 5.91 Å². The highest BCUT2D eigenvalue weighted by Crippen LogP contribution is 2.13. The molecular weight excluding hydrogens is 346 g/mol. The van der Waals surface area contributed by atoms with Crippen LogP contribution in [0, 0.1) is 0 Å². The fourth-order valence-electron chi connectivity index (χ4n) is 3.43. The van der Waals surface area contributed by atoms with Gasteiger partial charge in [0.25, 0.3) is 5.91 Å². The van der Waals surface area contributed by atoms with Crippen LogP contribution < -0.4 is 10.1 Å². The summed E-state index contributed by atoms with van der Waals surface area (Å²) in [5.74, 6) is 0.709. The zero-order chi connectivity index (χ0) is 20.3. The van der Waals surface area contributed by atoms with Crippen molar-refractivity contribution >= 4 is 5.91 Å². The maximum Gasteiger partial charge on any atom is 0.260 e. The van der Waals surface area contributed by atoms with Gasteiger partial charge in [-0.1, -0.05) is 109 Å². The van der Waals surface area contributed by atoms with Crippen molar-refractivity contribution in [2.45, 2.75) is 110 Å². The molecule has 1 unspecified atom stereocenters. The normalized spacial score (nSPS) is 11.9. The van der Waals surface area contributed by atoms with Gasteiger partial charge in [0, 0.05) is 6.54 Å². The molecule has 1 atom stereocenters. The summed E-state index contributed by atoms with van der Waals surface area (Å²) in [5.41, 5.74) is 0. The Morgan fingerprint density at radius 2 is 1.25 bits per heavy atom. The Morgan fingerprint density at radius 1 is 0.786 bits per heavy atom. The van der Waals surface area contributed by atoms with Crippen molar-refractivity contribution in [2.75, 3.05) is 6.54 Å². The summed E-state index contributed by atoms with van der Waals surface area (Å²) in [4.78, 5) is 12.0. The average molecular weight is 390 g/mol. The van der Waals surface area contributed by atoms with E-state index in [1.807, 2.05) is 30.3 Å². The lowest BCUT2D eigenvalue weighted by molar-refractivity contribution is -0.127. The first kappa shape index (κ1) is 24.5. The van der Waals surface area contributed by atoms with Crippen LogP contribution in [0.4, 0.5) is 0 Å². The summed E-state index contributed by atoms with van der Waals surface area (Å²) in [6.07, 6.45) is 18.5. The lowest BCUT2D eigenvalue weighted by atomic mass is 10.0. The van der Waals surface area contributed by atoms with E-state index < -0.39 is 6.10 Å². The van der Waals surface area contributed by atoms with Crippen molar-refractivity contribution in [3.05, 3.63) is 30.3 Å². The van der Waals surface area contributed by atoms with E-state index in [9.17, 15) is 4.79 Å². The van der Waals surface area contributed by atoms with Crippen molar-refractivity contribution in [1.29, 1.82) is 0 Å². The third-order valence-corrected chi connectivity index (χ3v) is 5.25. The number of unbranched alkanes of at least 4 members (excludes halogenated alkanes) is 13. The highest BCUT2D eigenvalue weighted by atomic mass is 16.5. The van der Waals surface area contributed by atoms with Crippen LogP contribution in [-0.4, -0.2) is 18.6 Å². The highest BCUT2D eigenvalue weighted by Gasteiger charge is 2.13. The fraction of sp³-hybridized carbons (Fsp3) is 0.720. The first-order valence-electron chi connectivity index (χ1n) is 11.7. The van der Waals surface area contributed by atoms with Crippen molar-refractivity contribution in [1.82, 2.24) is 5.32 Å². The van der Waals surface area contributed by atoms with Crippen molar-refractivity contribution < 1.29 is 9.53 Å². The number of hydrogen-bond acceptors (Lipinski definition) is 2. The van der Waals surface area contributed by atoms with E-state index >= 15 is 0 Å². The average Bonchev–Trinajstić information content (AvgIpc) is 2.71. The molecule has 0 saturated heterocycles. The van der Waals surface area contributed by atoms with Crippen LogP contribution in [0.25, 0.3) is 0 Å². The van der Waals surface area contributed by atoms with Crippen LogP contribution in [-0.2, 0) is 4.79 Å². The zero-order valence-electron chi connectivity index (χ0n) is 18.4. The lowest BCUT2D eigenvalue weighted by Gasteiger charge is -2.14. The third-order valence-electron chi connectivity index (χ3n) is 5.25. The fourth-order valence-corrected chi connectivity index (χ4v) is 3.43. The van der Waals surface area contributed by atoms with Crippen LogP contribution in [0.15, 0.2) is 30.3 Å². The molecule has 0 fully saturated rings. The molecule has 0 saturated carbocycles. The molecule has 0 aliphatic heterocycles. The number of carbonyl (C=O) groups is 1. The van der Waals surface area contributed by atoms with Gasteiger partial charge >= 0.3 is 0 Å². The summed E-state index contributed by atoms with van der Waals surface area (Å²) in [6, 6.07) is 9.51. The Morgan fingerprint density at radius 3 is 1.75 bits per heavy atom. The van der Waals surface area contributed by atoms with E-state index in [1.54, 1.807) is 6.92 Å². The van der Waals surface area contributed by atoms with Crippen molar-refractivity contribution in [3.8, 4) is 5.75 Å². The van der Waals surface area contributed by atoms with Crippen molar-refractivity contribution in [3.63, 3.8) is 0 Å². The molecule has 1 aromatic carbocycles. The number of benzene rings is 1. The second kappa shape index (κ2) is 17.6. The van der Waals surface area contributed by atoms with E-state index in [0.717, 1.165) is 18.7 Å². The number of rotatable bonds is 18. The molecule has 0 bridgehead atoms. The molecule has 1 amide bonds. The molecule has 0 heterocycles. The minimum atomic E-state index is -0.450. The standard InChI is InChI=1S/C25H43NO2/c1-3-4-5-6-7-8-9-10-11-12-13-14-15-19-22-26-25(27)23(2)28-24-20-17-16-18-21-24/h16-18,20-21,23H,3-15,19,22H2,1-2H3,(H,26,27). The largest absolute Gasteiger partial charge is 0.481 e. The quantitative estimate of drug-likeness (QED) is 0.273. The molecule has 1 N–H and O–H groups in total. The summed E-state index contributed by atoms with van der Waals surface area (Å²) in [5, 5.41) is 2.98. The number of para-hydroxylation sites is 1. The van der Waals surface area contributed by atoms with Crippen LogP contribution >= 0.6 is 0 Å². The highest BCUT2D eigenvalue weighted by molar-refractivity contribution is 5.80. The number of carbonyl (C=O) groups excluding carboxylic acids is 1. The van der Waals surface area contributed by atoms with Crippen LogP contribution in [0.5, 0.6) is 5.75 Å². The van der Waals surface area contributed by atoms with E-state index in [0.29, 0.717) is 0 Å². The number of nitrogens with one attached hydrogen (secondary N) is 1. The molecule has 3 nitrogen and oxygen atoms in total. The first-order valence-corrected chi connectivity index (χ1v) is 11.7. The Kier molecular flexibility index (Phi) is 15.4. The van der Waals surface area contributed by atoms with E-state index in [4.69, 9.17) is 4.74 Å². The van der Waals surface area contributed by atoms with Crippen LogP contribution in [0.3, 0.4) is 0 Å². The second-order valence-corrected chi connectivity index (χ2v) is 7.96. The maximum atomic E-state index is 12.0. The van der Waals surface area contributed by atoms with Gasteiger partial charge in [0.2, 0.25) is 0 Å². The lowest BCUT2D eigenvalue weighted by Crippen LogP contribution is -2.36. The summed E-state index contributed by atoms with van der Waals surface area (Å²) in [7, 11) is 0. The molecule has 0 aliphatic rings. The van der Waals surface area contributed by atoms with Gasteiger partial charge in [-0.3, -0.25) is 4.79 Å². The number of hydrogen-bond donors (Lipinski definition) is 1. The monoisotopic (exact) mass is 389 g/mol. The predicted octanol–water partition coefficient (Wildman–Crippen LogP) is 7.05. The van der Waals surface area contributed by atoms with Gasteiger partial charge in [0.05, 0.1) is 0 Å². The Labute approximate surface area is 173 Å². The Bertz CT molecular complexity index is 475. The van der Waals surface area contributed by atoms with Crippen LogP contribution in [0.1, 0.15) is 104 Å². The Hall–Kier alpha value is -1.51. The SMILES string of the molecule is CCCCCCCCCCCCCCCCNC(=O)C(C)Oc1ccccc1. The summed E-state index contributed by atoms with van der Waals surface area (Å²) in [6.45, 7) is 4.82. The van der Waals surface area contributed by atoms with Crippen LogP contribution in [0.2, 0.25) is 0 Å². The Balaban J connectivity index is 1.84. The maximum absolute atomic E-state index is 12.0. The molecule has 0 aromatic heterocycles. The van der Waals surface area contributed by atoms with Gasteiger partial charge in [0.1, 0.15) is 5.75 Å². The molecule has 0 aliphatic carbocycles. The summed E-state index contributed by atoms with van der Waals surface area (Å²) >= 11 is 0. The minimum Gasteiger partial charge on any atom is -0.481 e. The molecule has 28 heavy (non-hydrogen) atoms. The van der Waals surface area contributed by atoms with Crippen molar-refractivity contribution in [2.24, 2.45) is 0 Å². The van der Waals surface area contributed by atoms with Gasteiger partial charge in [-0.25, -0.2) is 0 Å². The molecule has 160 valence electrons. The van der Waals surface area contributed by atoms with Gasteiger partial charge < -0.3 is 10.1 Å². The van der Waals surface area contributed by atoms with E-state index in [2.05, 4.69) is 12.2 Å².